The number of carbonyl (C=O) groups is 1. The van der Waals surface area contributed by atoms with Crippen molar-refractivity contribution in [1.29, 1.82) is 0 Å². The number of amides is 1. The van der Waals surface area contributed by atoms with Gasteiger partial charge in [0.2, 0.25) is 5.91 Å². The zero-order chi connectivity index (χ0) is 10.7. The minimum atomic E-state index is 0.139. The third-order valence-electron chi connectivity index (χ3n) is 3.32. The molecule has 1 heterocycles. The molecule has 0 aromatic heterocycles. The standard InChI is InChI=1S/C11H22N2O/c1-8(2)9(3)11(14)13(4)10-5-6-12-7-10/h8-10,12H,5-7H2,1-4H3. The molecule has 3 heteroatoms. The van der Waals surface area contributed by atoms with Gasteiger partial charge in [0.25, 0.3) is 0 Å². The van der Waals surface area contributed by atoms with Gasteiger partial charge in [-0.25, -0.2) is 0 Å². The summed E-state index contributed by atoms with van der Waals surface area (Å²) in [5.41, 5.74) is 0. The highest BCUT2D eigenvalue weighted by Crippen LogP contribution is 2.16. The van der Waals surface area contributed by atoms with E-state index in [2.05, 4.69) is 19.2 Å². The van der Waals surface area contributed by atoms with Gasteiger partial charge in [0.15, 0.2) is 0 Å². The fourth-order valence-corrected chi connectivity index (χ4v) is 1.76. The summed E-state index contributed by atoms with van der Waals surface area (Å²) in [4.78, 5) is 13.9. The summed E-state index contributed by atoms with van der Waals surface area (Å²) >= 11 is 0. The molecule has 0 saturated carbocycles. The minimum absolute atomic E-state index is 0.139. The molecule has 1 N–H and O–H groups in total. The average molecular weight is 198 g/mol. The van der Waals surface area contributed by atoms with Crippen LogP contribution >= 0.6 is 0 Å². The van der Waals surface area contributed by atoms with Gasteiger partial charge < -0.3 is 10.2 Å². The van der Waals surface area contributed by atoms with Crippen LogP contribution in [-0.2, 0) is 4.79 Å². The summed E-state index contributed by atoms with van der Waals surface area (Å²) < 4.78 is 0. The number of nitrogens with one attached hydrogen (secondary N) is 1. The Balaban J connectivity index is 2.50. The van der Waals surface area contributed by atoms with Crippen molar-refractivity contribution in [2.75, 3.05) is 20.1 Å². The van der Waals surface area contributed by atoms with Crippen molar-refractivity contribution in [3.8, 4) is 0 Å². The van der Waals surface area contributed by atoms with Gasteiger partial charge >= 0.3 is 0 Å². The molecule has 0 spiro atoms. The Kier molecular flexibility index (Phi) is 3.93. The van der Waals surface area contributed by atoms with Gasteiger partial charge in [0.05, 0.1) is 0 Å². The fraction of sp³-hybridized carbons (Fsp3) is 0.909. The van der Waals surface area contributed by atoms with E-state index in [9.17, 15) is 4.79 Å². The molecular weight excluding hydrogens is 176 g/mol. The maximum absolute atomic E-state index is 12.0. The van der Waals surface area contributed by atoms with E-state index < -0.39 is 0 Å². The van der Waals surface area contributed by atoms with E-state index in [4.69, 9.17) is 0 Å². The Morgan fingerprint density at radius 3 is 2.50 bits per heavy atom. The van der Waals surface area contributed by atoms with Gasteiger partial charge in [-0.05, 0) is 18.9 Å². The first-order chi connectivity index (χ1) is 6.54. The molecule has 1 saturated heterocycles. The molecule has 1 rings (SSSR count). The van der Waals surface area contributed by atoms with Crippen molar-refractivity contribution in [3.63, 3.8) is 0 Å². The third kappa shape index (κ3) is 2.47. The van der Waals surface area contributed by atoms with E-state index in [0.29, 0.717) is 12.0 Å². The van der Waals surface area contributed by atoms with Crippen LogP contribution in [0.5, 0.6) is 0 Å². The summed E-state index contributed by atoms with van der Waals surface area (Å²) in [6.07, 6.45) is 1.09. The van der Waals surface area contributed by atoms with Crippen molar-refractivity contribution in [3.05, 3.63) is 0 Å². The number of hydrogen-bond donors (Lipinski definition) is 1. The van der Waals surface area contributed by atoms with Gasteiger partial charge in [-0.2, -0.15) is 0 Å². The van der Waals surface area contributed by atoms with E-state index >= 15 is 0 Å². The predicted octanol–water partition coefficient (Wildman–Crippen LogP) is 1.10. The van der Waals surface area contributed by atoms with Gasteiger partial charge in [-0.15, -0.1) is 0 Å². The molecule has 14 heavy (non-hydrogen) atoms. The molecule has 0 aromatic rings. The van der Waals surface area contributed by atoms with Crippen LogP contribution in [0.1, 0.15) is 27.2 Å². The van der Waals surface area contributed by atoms with Gasteiger partial charge in [-0.1, -0.05) is 20.8 Å². The van der Waals surface area contributed by atoms with Gasteiger partial charge in [-0.3, -0.25) is 4.79 Å². The normalized spacial score (nSPS) is 23.9. The predicted molar refractivity (Wildman–Crippen MR) is 58.0 cm³/mol. The number of rotatable bonds is 3. The quantitative estimate of drug-likeness (QED) is 0.736. The Hall–Kier alpha value is -0.570. The molecule has 0 aliphatic carbocycles. The lowest BCUT2D eigenvalue weighted by Crippen LogP contribution is -2.42. The van der Waals surface area contributed by atoms with Crippen LogP contribution in [0, 0.1) is 11.8 Å². The smallest absolute Gasteiger partial charge is 0.225 e. The molecule has 1 fully saturated rings. The molecule has 2 unspecified atom stereocenters. The largest absolute Gasteiger partial charge is 0.341 e. The maximum atomic E-state index is 12.0. The monoisotopic (exact) mass is 198 g/mol. The molecule has 0 radical (unpaired) electrons. The molecule has 2 atom stereocenters. The summed E-state index contributed by atoms with van der Waals surface area (Å²) in [6.45, 7) is 8.21. The van der Waals surface area contributed by atoms with Crippen LogP contribution in [0.25, 0.3) is 0 Å². The van der Waals surface area contributed by atoms with E-state index in [-0.39, 0.29) is 11.8 Å². The Morgan fingerprint density at radius 2 is 2.07 bits per heavy atom. The zero-order valence-corrected chi connectivity index (χ0v) is 9.71. The second-order valence-electron chi connectivity index (χ2n) is 4.63. The first kappa shape index (κ1) is 11.5. The third-order valence-corrected chi connectivity index (χ3v) is 3.32. The maximum Gasteiger partial charge on any atom is 0.225 e. The molecule has 1 aliphatic heterocycles. The summed E-state index contributed by atoms with van der Waals surface area (Å²) in [6, 6.07) is 0.406. The van der Waals surface area contributed by atoms with Crippen molar-refractivity contribution in [2.45, 2.75) is 33.2 Å². The Bertz CT molecular complexity index is 197. The SMILES string of the molecule is CC(C)C(C)C(=O)N(C)C1CCNC1. The van der Waals surface area contributed by atoms with Gasteiger partial charge in [0, 0.05) is 25.6 Å². The summed E-state index contributed by atoms with van der Waals surface area (Å²) in [5.74, 6) is 0.855. The van der Waals surface area contributed by atoms with Crippen LogP contribution in [0.4, 0.5) is 0 Å². The van der Waals surface area contributed by atoms with E-state index in [0.717, 1.165) is 19.5 Å². The number of likely N-dealkylation sites (N-methyl/N-ethyl adjacent to an activating group) is 1. The lowest BCUT2D eigenvalue weighted by molar-refractivity contribution is -0.136. The highest BCUT2D eigenvalue weighted by Gasteiger charge is 2.27. The lowest BCUT2D eigenvalue weighted by Gasteiger charge is -2.28. The van der Waals surface area contributed by atoms with Crippen LogP contribution in [-0.4, -0.2) is 37.0 Å². The molecule has 0 aromatic carbocycles. The first-order valence-electron chi connectivity index (χ1n) is 5.51. The van der Waals surface area contributed by atoms with Crippen molar-refractivity contribution in [1.82, 2.24) is 10.2 Å². The highest BCUT2D eigenvalue weighted by atomic mass is 16.2. The first-order valence-corrected chi connectivity index (χ1v) is 5.51. The summed E-state index contributed by atoms with van der Waals surface area (Å²) in [5, 5.41) is 3.28. The van der Waals surface area contributed by atoms with Crippen molar-refractivity contribution < 1.29 is 4.79 Å². The Labute approximate surface area is 86.9 Å². The van der Waals surface area contributed by atoms with E-state index in [1.165, 1.54) is 0 Å². The number of carbonyl (C=O) groups excluding carboxylic acids is 1. The molecule has 82 valence electrons. The van der Waals surface area contributed by atoms with Crippen LogP contribution in [0.3, 0.4) is 0 Å². The topological polar surface area (TPSA) is 32.3 Å². The lowest BCUT2D eigenvalue weighted by atomic mass is 9.96. The van der Waals surface area contributed by atoms with Crippen molar-refractivity contribution >= 4 is 5.91 Å². The number of nitrogens with zero attached hydrogens (tertiary/aromatic N) is 1. The van der Waals surface area contributed by atoms with Crippen LogP contribution in [0.2, 0.25) is 0 Å². The minimum Gasteiger partial charge on any atom is -0.341 e. The molecular formula is C11H22N2O. The van der Waals surface area contributed by atoms with Crippen molar-refractivity contribution in [2.24, 2.45) is 11.8 Å². The van der Waals surface area contributed by atoms with Crippen LogP contribution < -0.4 is 5.32 Å². The van der Waals surface area contributed by atoms with Gasteiger partial charge in [0.1, 0.15) is 0 Å². The summed E-state index contributed by atoms with van der Waals surface area (Å²) in [7, 11) is 1.93. The van der Waals surface area contributed by atoms with E-state index in [1.807, 2.05) is 18.9 Å². The Morgan fingerprint density at radius 1 is 1.43 bits per heavy atom. The molecule has 3 nitrogen and oxygen atoms in total. The fourth-order valence-electron chi connectivity index (χ4n) is 1.76. The second-order valence-corrected chi connectivity index (χ2v) is 4.63. The molecule has 1 amide bonds. The molecule has 0 bridgehead atoms. The molecule has 1 aliphatic rings. The average Bonchev–Trinajstić information content (AvgIpc) is 2.67. The highest BCUT2D eigenvalue weighted by molar-refractivity contribution is 5.78. The van der Waals surface area contributed by atoms with Crippen LogP contribution in [0.15, 0.2) is 0 Å². The van der Waals surface area contributed by atoms with E-state index in [1.54, 1.807) is 0 Å². The number of hydrogen-bond acceptors (Lipinski definition) is 2. The zero-order valence-electron chi connectivity index (χ0n) is 9.71. The second kappa shape index (κ2) is 4.78.